The van der Waals surface area contributed by atoms with E-state index >= 15 is 0 Å². The van der Waals surface area contributed by atoms with Gasteiger partial charge in [-0.15, -0.1) is 74.6 Å². The molecule has 8 aromatic rings. The third kappa shape index (κ3) is 11.9. The quantitative estimate of drug-likeness (QED) is 0.0947. The van der Waals surface area contributed by atoms with Crippen molar-refractivity contribution in [1.29, 1.82) is 0 Å². The smallest absolute Gasteiger partial charge is 0.0920 e. The third-order valence-corrected chi connectivity index (χ3v) is 13.4. The Morgan fingerprint density at radius 1 is 0.516 bits per heavy atom. The van der Waals surface area contributed by atoms with Crippen LogP contribution in [0.5, 0.6) is 0 Å². The number of hydrogen-bond acceptors (Lipinski definition) is 0. The molecule has 0 amide bonds. The van der Waals surface area contributed by atoms with Crippen LogP contribution in [0.4, 0.5) is 0 Å². The molecule has 1 aliphatic rings. The van der Waals surface area contributed by atoms with E-state index in [0.29, 0.717) is 23.7 Å². The monoisotopic (exact) mass is 945 g/mol. The van der Waals surface area contributed by atoms with Crippen molar-refractivity contribution in [3.63, 3.8) is 0 Å². The van der Waals surface area contributed by atoms with Gasteiger partial charge in [0, 0.05) is 0 Å². The van der Waals surface area contributed by atoms with Crippen LogP contribution in [-0.2, 0) is 33.7 Å². The summed E-state index contributed by atoms with van der Waals surface area (Å²) in [4.78, 5) is 0. The fourth-order valence-electron chi connectivity index (χ4n) is 8.75. The van der Waals surface area contributed by atoms with E-state index in [2.05, 4.69) is 207 Å². The molecule has 0 spiro atoms. The van der Waals surface area contributed by atoms with Gasteiger partial charge in [0.15, 0.2) is 0 Å². The first-order chi connectivity index (χ1) is 30.1. The van der Waals surface area contributed by atoms with Crippen LogP contribution in [0.2, 0.25) is 0 Å². The van der Waals surface area contributed by atoms with E-state index in [1.165, 1.54) is 100 Å². The van der Waals surface area contributed by atoms with Gasteiger partial charge in [0.05, 0.1) is 9.52 Å². The number of hydrogen-bond donors (Lipinski definition) is 0. The Balaban J connectivity index is 0.000000155. The SMILES string of the molecule is CCC(C)c1ccccc1-c1cccc2[cH-]c(CC(C)C)cc12.CCC(C)c1ccccc1-c1cccc2[cH-]c(CC(C)C)cc12.[Cl][Zr][Cl].[c-]1cccc2c1[Si]c1ccccc1-2. The molecule has 9 rings (SSSR count). The van der Waals surface area contributed by atoms with Gasteiger partial charge in [-0.3, -0.25) is 0 Å². The molecule has 2 unspecified atom stereocenters. The Kier molecular flexibility index (Phi) is 17.9. The minimum absolute atomic E-state index is 0.589. The number of benzene rings is 6. The largest absolute Gasteiger partial charge is 0.184 e. The molecule has 0 N–H and O–H groups in total. The van der Waals surface area contributed by atoms with Crippen LogP contribution in [-0.4, -0.2) is 9.52 Å². The number of fused-ring (bicyclic) bond motifs is 5. The predicted molar refractivity (Wildman–Crippen MR) is 272 cm³/mol. The van der Waals surface area contributed by atoms with Crippen molar-refractivity contribution in [3.8, 4) is 33.4 Å². The first-order valence-electron chi connectivity index (χ1n) is 22.4. The van der Waals surface area contributed by atoms with E-state index < -0.39 is 20.8 Å². The second kappa shape index (κ2) is 23.2. The molecule has 0 bridgehead atoms. The molecule has 0 saturated carbocycles. The van der Waals surface area contributed by atoms with Gasteiger partial charge in [0.25, 0.3) is 0 Å². The summed E-state index contributed by atoms with van der Waals surface area (Å²) in [6, 6.07) is 59.0. The van der Waals surface area contributed by atoms with Crippen molar-refractivity contribution < 1.29 is 20.8 Å². The van der Waals surface area contributed by atoms with Crippen molar-refractivity contribution in [2.45, 2.75) is 92.9 Å². The number of rotatable bonds is 10. The van der Waals surface area contributed by atoms with Crippen LogP contribution < -0.4 is 10.4 Å². The molecule has 1 aliphatic heterocycles. The maximum Gasteiger partial charge on any atom is 0.0920 e. The van der Waals surface area contributed by atoms with Crippen LogP contribution in [0.15, 0.2) is 152 Å². The molecule has 62 heavy (non-hydrogen) atoms. The summed E-state index contributed by atoms with van der Waals surface area (Å²) in [6.07, 6.45) is 4.65. The molecule has 0 aromatic heterocycles. The van der Waals surface area contributed by atoms with E-state index in [4.69, 9.17) is 17.0 Å². The molecule has 0 nitrogen and oxygen atoms in total. The van der Waals surface area contributed by atoms with Crippen LogP contribution >= 0.6 is 17.0 Å². The van der Waals surface area contributed by atoms with Crippen molar-refractivity contribution in [2.75, 3.05) is 0 Å². The molecule has 1 heterocycles. The van der Waals surface area contributed by atoms with Crippen LogP contribution in [0, 0.1) is 17.9 Å². The molecule has 2 radical (unpaired) electrons. The molecule has 2 atom stereocenters. The summed E-state index contributed by atoms with van der Waals surface area (Å²) in [5.74, 6) is 2.57. The number of halogens is 2. The first kappa shape index (κ1) is 47.7. The zero-order valence-electron chi connectivity index (χ0n) is 37.8. The second-order valence-electron chi connectivity index (χ2n) is 17.5. The summed E-state index contributed by atoms with van der Waals surface area (Å²) < 4.78 is 0. The molecule has 4 heteroatoms. The summed E-state index contributed by atoms with van der Waals surface area (Å²) in [5, 5.41) is 8.37. The van der Waals surface area contributed by atoms with Crippen molar-refractivity contribution in [2.24, 2.45) is 11.8 Å². The predicted octanol–water partition coefficient (Wildman–Crippen LogP) is 16.4. The van der Waals surface area contributed by atoms with Crippen LogP contribution in [0.1, 0.15) is 102 Å². The van der Waals surface area contributed by atoms with Gasteiger partial charge in [-0.1, -0.05) is 162 Å². The normalized spacial score (nSPS) is 12.4. The second-order valence-corrected chi connectivity index (χ2v) is 22.6. The van der Waals surface area contributed by atoms with E-state index in [0.717, 1.165) is 22.4 Å². The van der Waals surface area contributed by atoms with E-state index in [9.17, 15) is 0 Å². The van der Waals surface area contributed by atoms with Gasteiger partial charge in [0.1, 0.15) is 0 Å². The van der Waals surface area contributed by atoms with Crippen molar-refractivity contribution >= 4 is 58.5 Å². The van der Waals surface area contributed by atoms with E-state index in [1.807, 2.05) is 6.07 Å². The molecule has 0 saturated heterocycles. The molecule has 318 valence electrons. The van der Waals surface area contributed by atoms with Gasteiger partial charge in [0.2, 0.25) is 0 Å². The molecule has 0 fully saturated rings. The van der Waals surface area contributed by atoms with Crippen molar-refractivity contribution in [1.82, 2.24) is 0 Å². The molecular formula is C58H61Cl2SiZr-3. The average Bonchev–Trinajstić information content (AvgIpc) is 4.00. The van der Waals surface area contributed by atoms with Gasteiger partial charge in [-0.05, 0) is 71.6 Å². The van der Waals surface area contributed by atoms with E-state index in [1.54, 1.807) is 0 Å². The Hall–Kier alpha value is -3.78. The minimum Gasteiger partial charge on any atom is -0.184 e. The molecule has 8 aromatic carbocycles. The van der Waals surface area contributed by atoms with Gasteiger partial charge < -0.3 is 0 Å². The fourth-order valence-corrected chi connectivity index (χ4v) is 10.1. The first-order valence-corrected chi connectivity index (χ1v) is 29.8. The summed E-state index contributed by atoms with van der Waals surface area (Å²) >= 11 is -0.826. The maximum atomic E-state index is 4.93. The minimum atomic E-state index is -0.826. The van der Waals surface area contributed by atoms with Gasteiger partial charge in [-0.2, -0.15) is 41.6 Å². The molecular weight excluding hydrogens is 887 g/mol. The Bertz CT molecular complexity index is 2460. The van der Waals surface area contributed by atoms with Gasteiger partial charge >= 0.3 is 37.9 Å². The summed E-state index contributed by atoms with van der Waals surface area (Å²) in [5.41, 5.74) is 14.2. The zero-order chi connectivity index (χ0) is 44.2. The summed E-state index contributed by atoms with van der Waals surface area (Å²) in [6.45, 7) is 18.3. The topological polar surface area (TPSA) is 0 Å². The van der Waals surface area contributed by atoms with Gasteiger partial charge in [-0.25, -0.2) is 0 Å². The molecule has 0 aliphatic carbocycles. The zero-order valence-corrected chi connectivity index (χ0v) is 42.8. The Morgan fingerprint density at radius 2 is 0.935 bits per heavy atom. The van der Waals surface area contributed by atoms with Crippen molar-refractivity contribution in [3.05, 3.63) is 180 Å². The third-order valence-electron chi connectivity index (χ3n) is 12.0. The maximum absolute atomic E-state index is 4.93. The standard InChI is InChI=1S/2C23H27.C12H7Si.2ClH.Zr/c2*1-5-17(4)20-10-6-7-11-21(20)22-12-8-9-19-14-18(13-16(2)3)15-23(19)22;1-3-7-11-9(5-1)10-6-2-4-8-12(10)13-11;;;/h2*6-12,14-17H,5,13H2,1-4H3;1-7H;2*1H;/q3*-1;;;+2/p-2. The average molecular weight is 948 g/mol. The van der Waals surface area contributed by atoms with Crippen LogP contribution in [0.25, 0.3) is 54.9 Å². The summed E-state index contributed by atoms with van der Waals surface area (Å²) in [7, 11) is 10.7. The fraction of sp³-hybridized carbons (Fsp3) is 0.276. The van der Waals surface area contributed by atoms with E-state index in [-0.39, 0.29) is 0 Å². The van der Waals surface area contributed by atoms with Crippen LogP contribution in [0.3, 0.4) is 0 Å². The Labute approximate surface area is 394 Å². The Morgan fingerprint density at radius 3 is 1.40 bits per heavy atom.